The molecule has 2 N–H and O–H groups in total. The number of hydrogen-bond donors (Lipinski definition) is 1. The van der Waals surface area contributed by atoms with Crippen LogP contribution in [-0.4, -0.2) is 6.21 Å². The molecule has 0 aromatic heterocycles. The minimum atomic E-state index is 0.538. The fourth-order valence-electron chi connectivity index (χ4n) is 0.504. The lowest BCUT2D eigenvalue weighted by Crippen LogP contribution is -1.92. The first kappa shape index (κ1) is 5.82. The number of allylic oxidation sites excluding steroid dienone is 5. The van der Waals surface area contributed by atoms with E-state index in [9.17, 15) is 0 Å². The highest BCUT2D eigenvalue weighted by atomic mass is 14.9. The zero-order valence-electron chi connectivity index (χ0n) is 4.99. The zero-order valence-corrected chi connectivity index (χ0v) is 4.99. The molecular formula is C7H8N2. The quantitative estimate of drug-likeness (QED) is 0.508. The van der Waals surface area contributed by atoms with Crippen molar-refractivity contribution in [2.75, 3.05) is 0 Å². The minimum Gasteiger partial charge on any atom is -0.384 e. The monoisotopic (exact) mass is 120 g/mol. The third kappa shape index (κ3) is 1.95. The first-order valence-corrected chi connectivity index (χ1v) is 2.73. The molecule has 1 aliphatic rings. The van der Waals surface area contributed by atoms with Gasteiger partial charge in [0, 0.05) is 6.21 Å². The van der Waals surface area contributed by atoms with Crippen LogP contribution in [0.3, 0.4) is 0 Å². The molecule has 0 aromatic carbocycles. The lowest BCUT2D eigenvalue weighted by molar-refractivity contribution is 1.25. The third-order valence-corrected chi connectivity index (χ3v) is 0.910. The van der Waals surface area contributed by atoms with E-state index in [1.165, 1.54) is 0 Å². The van der Waals surface area contributed by atoms with E-state index in [0.29, 0.717) is 5.82 Å². The molecule has 0 saturated carbocycles. The van der Waals surface area contributed by atoms with Crippen molar-refractivity contribution in [2.24, 2.45) is 10.7 Å². The van der Waals surface area contributed by atoms with Crippen LogP contribution in [-0.2, 0) is 0 Å². The lowest BCUT2D eigenvalue weighted by atomic mass is 10.4. The zero-order chi connectivity index (χ0) is 6.53. The Labute approximate surface area is 54.1 Å². The van der Waals surface area contributed by atoms with E-state index in [1.807, 2.05) is 24.3 Å². The van der Waals surface area contributed by atoms with Gasteiger partial charge in [-0.15, -0.1) is 0 Å². The maximum atomic E-state index is 5.38. The molecule has 0 unspecified atom stereocenters. The van der Waals surface area contributed by atoms with E-state index >= 15 is 0 Å². The van der Waals surface area contributed by atoms with Crippen LogP contribution >= 0.6 is 0 Å². The molecule has 9 heavy (non-hydrogen) atoms. The van der Waals surface area contributed by atoms with Gasteiger partial charge in [-0.25, -0.2) is 4.99 Å². The molecule has 0 aromatic rings. The Balaban J connectivity index is 2.77. The van der Waals surface area contributed by atoms with Crippen LogP contribution in [0, 0.1) is 0 Å². The highest BCUT2D eigenvalue weighted by Crippen LogP contribution is 1.89. The fraction of sp³-hybridized carbons (Fsp3) is 0. The summed E-state index contributed by atoms with van der Waals surface area (Å²) in [5, 5.41) is 0. The van der Waals surface area contributed by atoms with Gasteiger partial charge in [0.1, 0.15) is 5.82 Å². The largest absolute Gasteiger partial charge is 0.384 e. The predicted molar refractivity (Wildman–Crippen MR) is 39.0 cm³/mol. The van der Waals surface area contributed by atoms with Gasteiger partial charge in [-0.1, -0.05) is 18.2 Å². The Morgan fingerprint density at radius 1 is 1.11 bits per heavy atom. The average molecular weight is 120 g/mol. The molecule has 1 rings (SSSR count). The normalized spacial score (nSPS) is 33.1. The molecule has 0 aliphatic carbocycles. The Hall–Kier alpha value is -1.31. The first-order chi connectivity index (χ1) is 4.39. The van der Waals surface area contributed by atoms with Gasteiger partial charge in [0.2, 0.25) is 0 Å². The van der Waals surface area contributed by atoms with Crippen LogP contribution < -0.4 is 5.73 Å². The molecule has 1 heterocycles. The standard InChI is InChI=1S/C7H8N2/c8-7-5-3-1-2-4-6-9-7/h1-6H,(H2,8,9). The van der Waals surface area contributed by atoms with Crippen molar-refractivity contribution in [3.8, 4) is 0 Å². The van der Waals surface area contributed by atoms with Crippen LogP contribution in [0.4, 0.5) is 0 Å². The molecule has 0 fully saturated rings. The van der Waals surface area contributed by atoms with Gasteiger partial charge in [-0.2, -0.15) is 0 Å². The van der Waals surface area contributed by atoms with E-state index in [0.717, 1.165) is 0 Å². The summed E-state index contributed by atoms with van der Waals surface area (Å²) in [7, 11) is 0. The van der Waals surface area contributed by atoms with Crippen molar-refractivity contribution in [1.29, 1.82) is 0 Å². The topological polar surface area (TPSA) is 38.4 Å². The van der Waals surface area contributed by atoms with Crippen LogP contribution in [0.2, 0.25) is 0 Å². The van der Waals surface area contributed by atoms with Crippen molar-refractivity contribution >= 4 is 6.21 Å². The number of hydrogen-bond acceptors (Lipinski definition) is 2. The van der Waals surface area contributed by atoms with E-state index in [2.05, 4.69) is 4.99 Å². The van der Waals surface area contributed by atoms with E-state index < -0.39 is 0 Å². The van der Waals surface area contributed by atoms with Crippen molar-refractivity contribution in [2.45, 2.75) is 0 Å². The number of nitrogens with two attached hydrogens (primary N) is 1. The Kier molecular flexibility index (Phi) is 1.85. The average Bonchev–Trinajstić information content (AvgIpc) is 1.79. The van der Waals surface area contributed by atoms with Gasteiger partial charge < -0.3 is 5.73 Å². The highest BCUT2D eigenvalue weighted by Gasteiger charge is 1.78. The molecular weight excluding hydrogens is 112 g/mol. The summed E-state index contributed by atoms with van der Waals surface area (Å²) in [5.41, 5.74) is 5.38. The molecule has 0 saturated heterocycles. The molecule has 2 nitrogen and oxygen atoms in total. The van der Waals surface area contributed by atoms with Gasteiger partial charge in [-0.05, 0) is 12.2 Å². The summed E-state index contributed by atoms with van der Waals surface area (Å²) in [6.07, 6.45) is 10.9. The van der Waals surface area contributed by atoms with Gasteiger partial charge in [-0.3, -0.25) is 0 Å². The number of aliphatic imine (C=N–C) groups is 1. The van der Waals surface area contributed by atoms with Crippen molar-refractivity contribution in [3.63, 3.8) is 0 Å². The molecule has 0 bridgehead atoms. The highest BCUT2D eigenvalue weighted by molar-refractivity contribution is 5.72. The fourth-order valence-corrected chi connectivity index (χ4v) is 0.504. The molecule has 46 valence electrons. The van der Waals surface area contributed by atoms with Crippen LogP contribution in [0.1, 0.15) is 0 Å². The van der Waals surface area contributed by atoms with Crippen LogP contribution in [0.5, 0.6) is 0 Å². The molecule has 1 aliphatic heterocycles. The second-order valence-corrected chi connectivity index (χ2v) is 1.64. The van der Waals surface area contributed by atoms with Crippen molar-refractivity contribution in [1.82, 2.24) is 0 Å². The van der Waals surface area contributed by atoms with E-state index in [4.69, 9.17) is 5.73 Å². The second kappa shape index (κ2) is 2.87. The summed E-state index contributed by atoms with van der Waals surface area (Å²) < 4.78 is 0. The molecule has 0 radical (unpaired) electrons. The van der Waals surface area contributed by atoms with Crippen LogP contribution in [0.25, 0.3) is 0 Å². The van der Waals surface area contributed by atoms with Gasteiger partial charge in [0.05, 0.1) is 0 Å². The molecule has 0 spiro atoms. The predicted octanol–water partition coefficient (Wildman–Crippen LogP) is 0.983. The SMILES string of the molecule is NC1=C/C=C/C=C\C=N\1. The summed E-state index contributed by atoms with van der Waals surface area (Å²) in [6.45, 7) is 0. The van der Waals surface area contributed by atoms with Crippen molar-refractivity contribution in [3.05, 3.63) is 36.2 Å². The van der Waals surface area contributed by atoms with E-state index in [1.54, 1.807) is 12.3 Å². The smallest absolute Gasteiger partial charge is 0.123 e. The van der Waals surface area contributed by atoms with Gasteiger partial charge in [0.25, 0.3) is 0 Å². The second-order valence-electron chi connectivity index (χ2n) is 1.64. The maximum Gasteiger partial charge on any atom is 0.123 e. The van der Waals surface area contributed by atoms with Gasteiger partial charge in [0.15, 0.2) is 0 Å². The molecule has 0 amide bonds. The first-order valence-electron chi connectivity index (χ1n) is 2.73. The van der Waals surface area contributed by atoms with Crippen LogP contribution in [0.15, 0.2) is 41.2 Å². The summed E-state index contributed by atoms with van der Waals surface area (Å²) in [4.78, 5) is 3.86. The molecule has 0 atom stereocenters. The number of rotatable bonds is 0. The summed E-state index contributed by atoms with van der Waals surface area (Å²) >= 11 is 0. The Morgan fingerprint density at radius 2 is 1.89 bits per heavy atom. The third-order valence-electron chi connectivity index (χ3n) is 0.910. The minimum absolute atomic E-state index is 0.538. The Morgan fingerprint density at radius 3 is 2.78 bits per heavy atom. The summed E-state index contributed by atoms with van der Waals surface area (Å²) in [6, 6.07) is 0. The maximum absolute atomic E-state index is 5.38. The van der Waals surface area contributed by atoms with E-state index in [-0.39, 0.29) is 0 Å². The Bertz CT molecular complexity index is 197. The van der Waals surface area contributed by atoms with Crippen molar-refractivity contribution < 1.29 is 0 Å². The summed E-state index contributed by atoms with van der Waals surface area (Å²) in [5.74, 6) is 0.538. The van der Waals surface area contributed by atoms with Gasteiger partial charge >= 0.3 is 0 Å². The lowest BCUT2D eigenvalue weighted by Gasteiger charge is -1.88. The molecule has 2 heteroatoms. The number of nitrogens with zero attached hydrogens (tertiary/aromatic N) is 1.